The van der Waals surface area contributed by atoms with Crippen LogP contribution in [-0.4, -0.2) is 18.4 Å². The molecular weight excluding hydrogens is 280 g/mol. The molecule has 0 unspecified atom stereocenters. The Bertz CT molecular complexity index is 693. The minimum atomic E-state index is -0.321. The highest BCUT2D eigenvalue weighted by Crippen LogP contribution is 2.21. The molecule has 2 rings (SSSR count). The van der Waals surface area contributed by atoms with Crippen LogP contribution in [0.15, 0.2) is 28.9 Å². The van der Waals surface area contributed by atoms with E-state index in [1.165, 1.54) is 6.26 Å². The number of amides is 2. The van der Waals surface area contributed by atoms with Crippen molar-refractivity contribution in [3.05, 3.63) is 52.5 Å². The number of benzene rings is 1. The van der Waals surface area contributed by atoms with Gasteiger partial charge in [-0.2, -0.15) is 0 Å². The molecule has 0 bridgehead atoms. The number of hydrogen-bond acceptors (Lipinski definition) is 3. The van der Waals surface area contributed by atoms with E-state index in [1.54, 1.807) is 13.0 Å². The zero-order valence-electron chi connectivity index (χ0n) is 13.2. The number of rotatable bonds is 4. The second-order valence-electron chi connectivity index (χ2n) is 5.40. The molecule has 0 aliphatic rings. The van der Waals surface area contributed by atoms with Crippen LogP contribution in [0.5, 0.6) is 0 Å². The van der Waals surface area contributed by atoms with Crippen LogP contribution in [0, 0.1) is 27.7 Å². The van der Waals surface area contributed by atoms with Gasteiger partial charge in [-0.1, -0.05) is 17.7 Å². The summed E-state index contributed by atoms with van der Waals surface area (Å²) in [6, 6.07) is 5.60. The van der Waals surface area contributed by atoms with Gasteiger partial charge in [-0.3, -0.25) is 9.59 Å². The van der Waals surface area contributed by atoms with Gasteiger partial charge in [0.1, 0.15) is 5.76 Å². The molecule has 116 valence electrons. The van der Waals surface area contributed by atoms with Crippen LogP contribution in [0.2, 0.25) is 0 Å². The molecule has 1 heterocycles. The van der Waals surface area contributed by atoms with Gasteiger partial charge in [-0.15, -0.1) is 0 Å². The van der Waals surface area contributed by atoms with E-state index in [0.29, 0.717) is 11.3 Å². The Hall–Kier alpha value is -2.56. The van der Waals surface area contributed by atoms with E-state index in [9.17, 15) is 9.59 Å². The Morgan fingerprint density at radius 3 is 2.27 bits per heavy atom. The Morgan fingerprint density at radius 1 is 1.09 bits per heavy atom. The van der Waals surface area contributed by atoms with Crippen molar-refractivity contribution >= 4 is 17.5 Å². The summed E-state index contributed by atoms with van der Waals surface area (Å²) in [4.78, 5) is 23.9. The molecule has 0 spiro atoms. The van der Waals surface area contributed by atoms with Crippen molar-refractivity contribution in [3.63, 3.8) is 0 Å². The fourth-order valence-electron chi connectivity index (χ4n) is 2.44. The summed E-state index contributed by atoms with van der Waals surface area (Å²) in [5, 5.41) is 5.43. The topological polar surface area (TPSA) is 71.3 Å². The van der Waals surface area contributed by atoms with E-state index in [0.717, 1.165) is 22.4 Å². The average molecular weight is 300 g/mol. The molecule has 0 aliphatic heterocycles. The van der Waals surface area contributed by atoms with Crippen molar-refractivity contribution in [1.82, 2.24) is 5.32 Å². The van der Waals surface area contributed by atoms with Gasteiger partial charge in [-0.05, 0) is 44.9 Å². The van der Waals surface area contributed by atoms with Gasteiger partial charge in [-0.25, -0.2) is 0 Å². The maximum absolute atomic E-state index is 12.0. The van der Waals surface area contributed by atoms with Crippen molar-refractivity contribution in [2.24, 2.45) is 0 Å². The Kier molecular flexibility index (Phi) is 4.65. The number of nitrogens with one attached hydrogen (secondary N) is 2. The molecule has 0 saturated heterocycles. The number of carbonyl (C=O) groups is 2. The number of furan rings is 1. The summed E-state index contributed by atoms with van der Waals surface area (Å²) < 4.78 is 5.07. The number of carbonyl (C=O) groups excluding carboxylic acids is 2. The van der Waals surface area contributed by atoms with Crippen LogP contribution >= 0.6 is 0 Å². The third kappa shape index (κ3) is 3.55. The van der Waals surface area contributed by atoms with Crippen LogP contribution in [0.25, 0.3) is 0 Å². The maximum Gasteiger partial charge on any atom is 0.255 e. The highest BCUT2D eigenvalue weighted by molar-refractivity contribution is 6.00. The largest absolute Gasteiger partial charge is 0.469 e. The molecule has 0 aliphatic carbocycles. The van der Waals surface area contributed by atoms with Crippen LogP contribution in [-0.2, 0) is 4.79 Å². The molecule has 2 aromatic rings. The highest BCUT2D eigenvalue weighted by atomic mass is 16.3. The summed E-state index contributed by atoms with van der Waals surface area (Å²) in [6.45, 7) is 7.52. The van der Waals surface area contributed by atoms with Crippen molar-refractivity contribution in [2.75, 3.05) is 11.9 Å². The fourth-order valence-corrected chi connectivity index (χ4v) is 2.44. The first-order valence-corrected chi connectivity index (χ1v) is 7.08. The fraction of sp³-hybridized carbons (Fsp3) is 0.294. The molecule has 2 amide bonds. The van der Waals surface area contributed by atoms with Crippen molar-refractivity contribution in [2.45, 2.75) is 27.7 Å². The summed E-state index contributed by atoms with van der Waals surface area (Å²) in [6.07, 6.45) is 1.45. The first kappa shape index (κ1) is 15.8. The van der Waals surface area contributed by atoms with Crippen LogP contribution in [0.1, 0.15) is 32.8 Å². The highest BCUT2D eigenvalue weighted by Gasteiger charge is 2.13. The van der Waals surface area contributed by atoms with Crippen molar-refractivity contribution < 1.29 is 14.0 Å². The maximum atomic E-state index is 12.0. The van der Waals surface area contributed by atoms with E-state index in [2.05, 4.69) is 10.6 Å². The molecule has 5 heteroatoms. The Balaban J connectivity index is 1.97. The van der Waals surface area contributed by atoms with Gasteiger partial charge in [0.25, 0.3) is 5.91 Å². The van der Waals surface area contributed by atoms with E-state index in [4.69, 9.17) is 4.42 Å². The third-order valence-electron chi connectivity index (χ3n) is 3.45. The van der Waals surface area contributed by atoms with Gasteiger partial charge in [0.2, 0.25) is 5.91 Å². The molecule has 1 aromatic carbocycles. The minimum Gasteiger partial charge on any atom is -0.469 e. The number of aryl methyl sites for hydroxylation is 4. The molecule has 1 aromatic heterocycles. The standard InChI is InChI=1S/C17H20N2O3/c1-10-7-11(2)16(12(3)8-10)19-15(20)9-18-17(21)14-5-6-22-13(14)4/h5-8H,9H2,1-4H3,(H,18,21)(H,19,20). The van der Waals surface area contributed by atoms with E-state index in [-0.39, 0.29) is 18.4 Å². The molecule has 2 N–H and O–H groups in total. The SMILES string of the molecule is Cc1cc(C)c(NC(=O)CNC(=O)c2ccoc2C)c(C)c1. The summed E-state index contributed by atoms with van der Waals surface area (Å²) >= 11 is 0. The lowest BCUT2D eigenvalue weighted by Gasteiger charge is -2.13. The summed E-state index contributed by atoms with van der Waals surface area (Å²) in [5.74, 6) is -0.0496. The lowest BCUT2D eigenvalue weighted by Crippen LogP contribution is -2.33. The van der Waals surface area contributed by atoms with Crippen molar-refractivity contribution in [3.8, 4) is 0 Å². The van der Waals surface area contributed by atoms with Crippen LogP contribution < -0.4 is 10.6 Å². The van der Waals surface area contributed by atoms with Gasteiger partial charge in [0.15, 0.2) is 0 Å². The van der Waals surface area contributed by atoms with E-state index < -0.39 is 0 Å². The molecular formula is C17H20N2O3. The first-order valence-electron chi connectivity index (χ1n) is 7.08. The first-order chi connectivity index (χ1) is 10.4. The molecule has 22 heavy (non-hydrogen) atoms. The van der Waals surface area contributed by atoms with Gasteiger partial charge < -0.3 is 15.1 Å². The second-order valence-corrected chi connectivity index (χ2v) is 5.40. The van der Waals surface area contributed by atoms with Gasteiger partial charge >= 0.3 is 0 Å². The number of anilines is 1. The van der Waals surface area contributed by atoms with Gasteiger partial charge in [0, 0.05) is 5.69 Å². The van der Waals surface area contributed by atoms with Crippen molar-refractivity contribution in [1.29, 1.82) is 0 Å². The minimum absolute atomic E-state index is 0.0871. The molecule has 0 fully saturated rings. The third-order valence-corrected chi connectivity index (χ3v) is 3.45. The smallest absolute Gasteiger partial charge is 0.255 e. The molecule has 5 nitrogen and oxygen atoms in total. The lowest BCUT2D eigenvalue weighted by atomic mass is 10.1. The monoisotopic (exact) mass is 300 g/mol. The molecule has 0 saturated carbocycles. The molecule has 0 atom stereocenters. The second kappa shape index (κ2) is 6.47. The summed E-state index contributed by atoms with van der Waals surface area (Å²) in [7, 11) is 0. The Labute approximate surface area is 129 Å². The predicted octanol–water partition coefficient (Wildman–Crippen LogP) is 2.88. The van der Waals surface area contributed by atoms with Crippen LogP contribution in [0.3, 0.4) is 0 Å². The predicted molar refractivity (Wildman–Crippen MR) is 85.1 cm³/mol. The van der Waals surface area contributed by atoms with Crippen LogP contribution in [0.4, 0.5) is 5.69 Å². The summed E-state index contributed by atoms with van der Waals surface area (Å²) in [5.41, 5.74) is 4.39. The zero-order valence-corrected chi connectivity index (χ0v) is 13.2. The Morgan fingerprint density at radius 2 is 1.73 bits per heavy atom. The average Bonchev–Trinajstić information content (AvgIpc) is 2.86. The molecule has 0 radical (unpaired) electrons. The zero-order chi connectivity index (χ0) is 16.3. The van der Waals surface area contributed by atoms with E-state index >= 15 is 0 Å². The van der Waals surface area contributed by atoms with E-state index in [1.807, 2.05) is 32.9 Å². The quantitative estimate of drug-likeness (QED) is 0.912. The van der Waals surface area contributed by atoms with Gasteiger partial charge in [0.05, 0.1) is 18.4 Å². The normalized spacial score (nSPS) is 10.4. The lowest BCUT2D eigenvalue weighted by molar-refractivity contribution is -0.115. The number of hydrogen-bond donors (Lipinski definition) is 2.